The molecule has 0 aliphatic carbocycles. The van der Waals surface area contributed by atoms with Crippen molar-refractivity contribution in [1.29, 1.82) is 0 Å². The van der Waals surface area contributed by atoms with Crippen LogP contribution in [0.5, 0.6) is 0 Å². The highest BCUT2D eigenvalue weighted by Gasteiger charge is 2.28. The molecule has 366 valence electrons. The predicted octanol–water partition coefficient (Wildman–Crippen LogP) is 5.74. The van der Waals surface area contributed by atoms with Gasteiger partial charge in [0, 0.05) is 88.0 Å². The van der Waals surface area contributed by atoms with Crippen LogP contribution >= 0.6 is 11.8 Å². The van der Waals surface area contributed by atoms with Crippen molar-refractivity contribution in [2.24, 2.45) is 0 Å². The van der Waals surface area contributed by atoms with Gasteiger partial charge in [-0.25, -0.2) is 0 Å². The Labute approximate surface area is 406 Å². The lowest BCUT2D eigenvalue weighted by Crippen LogP contribution is -2.53. The minimum absolute atomic E-state index is 0.0363. The van der Waals surface area contributed by atoms with Gasteiger partial charge < -0.3 is 34.9 Å². The highest BCUT2D eigenvalue weighted by atomic mass is 32.2. The van der Waals surface area contributed by atoms with Crippen LogP contribution in [0.2, 0.25) is 0 Å². The van der Waals surface area contributed by atoms with Gasteiger partial charge in [-0.2, -0.15) is 4.57 Å². The van der Waals surface area contributed by atoms with Crippen LogP contribution in [-0.4, -0.2) is 175 Å². The van der Waals surface area contributed by atoms with Crippen LogP contribution in [0, 0.1) is 0 Å². The SMILES string of the molecule is CCN1CCN(CC(=O)O)CCN(CC(=O)O)CC(Cc2ccc(NC(=O)CCCCC[N+](C)(C)CCC[n+]3ccc(C=C4Sc5ccccc5N4C)c4ccccc43)cc2)N(CC(=O)O)CC1. The average molecular weight is 953 g/mol. The standard InChI is InChI=1S/C52H70N8O7S/c1-5-55-26-27-56(37-50(62)63)28-29-57(38-51(64)65)36-43(59(31-30-55)39-52(66)67)34-40-19-21-42(22-20-40)53-48(61)18-7-6-12-32-60(3,4)33-13-24-58-25-23-41(44-14-8-9-15-45(44)58)35-49-54(2)46-16-10-11-17-47(46)68-49/h8-11,14-17,19-23,25,35,43H,5-7,12-13,18,24,26-34,36-39H2,1-4H3,(H2-2,53,61,62,63,64,65,66,67)/p+2. The number of carboxylic acids is 3. The number of unbranched alkanes of at least 4 members (excludes halogenated alkanes) is 2. The van der Waals surface area contributed by atoms with E-state index in [9.17, 15) is 34.5 Å². The summed E-state index contributed by atoms with van der Waals surface area (Å²) in [5, 5.41) is 34.7. The molecule has 1 saturated heterocycles. The maximum atomic E-state index is 13.0. The quantitative estimate of drug-likeness (QED) is 0.0456. The summed E-state index contributed by atoms with van der Waals surface area (Å²) in [5.41, 5.74) is 5.32. The summed E-state index contributed by atoms with van der Waals surface area (Å²) in [7, 11) is 6.71. The molecule has 0 radical (unpaired) electrons. The summed E-state index contributed by atoms with van der Waals surface area (Å²) in [5.74, 6) is -2.94. The molecule has 1 amide bonds. The van der Waals surface area contributed by atoms with E-state index in [1.54, 1.807) is 4.90 Å². The molecular formula is C52H72N8O7S+2. The number of carbonyl (C=O) groups excluding carboxylic acids is 1. The fourth-order valence-corrected chi connectivity index (χ4v) is 10.4. The van der Waals surface area contributed by atoms with Crippen molar-refractivity contribution in [3.8, 4) is 0 Å². The summed E-state index contributed by atoms with van der Waals surface area (Å²) >= 11 is 1.81. The van der Waals surface area contributed by atoms with Gasteiger partial charge in [-0.1, -0.05) is 55.1 Å². The molecule has 0 spiro atoms. The zero-order valence-corrected chi connectivity index (χ0v) is 41.2. The largest absolute Gasteiger partial charge is 0.480 e. The molecule has 6 rings (SSSR count). The van der Waals surface area contributed by atoms with Crippen LogP contribution in [0.15, 0.2) is 95.0 Å². The van der Waals surface area contributed by atoms with Crippen molar-refractivity contribution in [2.75, 3.05) is 116 Å². The molecule has 1 atom stereocenters. The molecule has 3 heterocycles. The van der Waals surface area contributed by atoms with Crippen LogP contribution in [0.4, 0.5) is 11.4 Å². The summed E-state index contributed by atoms with van der Waals surface area (Å²) in [4.78, 5) is 60.0. The smallest absolute Gasteiger partial charge is 0.317 e. The molecule has 3 aromatic carbocycles. The number of fused-ring (bicyclic) bond motifs is 2. The fourth-order valence-electron chi connectivity index (χ4n) is 9.33. The first kappa shape index (κ1) is 52.0. The normalized spacial score (nSPS) is 17.7. The molecule has 2 aliphatic rings. The second-order valence-electron chi connectivity index (χ2n) is 18.8. The van der Waals surface area contributed by atoms with E-state index in [4.69, 9.17) is 0 Å². The number of hydrogen-bond donors (Lipinski definition) is 4. The minimum atomic E-state index is -1.00. The lowest BCUT2D eigenvalue weighted by molar-refractivity contribution is -0.892. The third-order valence-electron chi connectivity index (χ3n) is 13.2. The molecule has 15 nitrogen and oxygen atoms in total. The van der Waals surface area contributed by atoms with E-state index in [-0.39, 0.29) is 31.6 Å². The summed E-state index contributed by atoms with van der Waals surface area (Å²) in [6, 6.07) is 26.7. The van der Waals surface area contributed by atoms with Gasteiger partial charge in [0.05, 0.1) is 69.3 Å². The molecule has 0 bridgehead atoms. The number of aliphatic carboxylic acids is 3. The Morgan fingerprint density at radius 2 is 1.40 bits per heavy atom. The Bertz CT molecular complexity index is 2360. The van der Waals surface area contributed by atoms with Crippen molar-refractivity contribution >= 4 is 63.9 Å². The molecule has 16 heteroatoms. The minimum Gasteiger partial charge on any atom is -0.480 e. The first-order valence-corrected chi connectivity index (χ1v) is 24.9. The number of para-hydroxylation sites is 2. The van der Waals surface area contributed by atoms with Crippen molar-refractivity contribution in [2.45, 2.75) is 62.9 Å². The lowest BCUT2D eigenvalue weighted by atomic mass is 10.0. The second-order valence-corrected chi connectivity index (χ2v) is 19.9. The molecule has 4 N–H and O–H groups in total. The first-order chi connectivity index (χ1) is 32.7. The Morgan fingerprint density at radius 3 is 2.12 bits per heavy atom. The number of carbonyl (C=O) groups is 4. The summed E-state index contributed by atoms with van der Waals surface area (Å²) in [6.45, 7) is 8.33. The number of carboxylic acid groups (broad SMARTS) is 3. The van der Waals surface area contributed by atoms with Gasteiger partial charge in [-0.05, 0) is 79.8 Å². The second kappa shape index (κ2) is 25.3. The van der Waals surface area contributed by atoms with Crippen LogP contribution < -0.4 is 14.8 Å². The number of hydrogen-bond acceptors (Lipinski definition) is 10. The van der Waals surface area contributed by atoms with E-state index in [1.165, 1.54) is 32.1 Å². The number of nitrogens with one attached hydrogen (secondary N) is 1. The third kappa shape index (κ3) is 15.9. The number of pyridine rings is 1. The van der Waals surface area contributed by atoms with Crippen LogP contribution in [0.3, 0.4) is 0 Å². The number of amides is 1. The predicted molar refractivity (Wildman–Crippen MR) is 270 cm³/mol. The zero-order chi connectivity index (χ0) is 48.6. The average Bonchev–Trinajstić information content (AvgIpc) is 3.61. The number of quaternary nitrogens is 1. The van der Waals surface area contributed by atoms with Crippen molar-refractivity contribution < 1.29 is 43.5 Å². The van der Waals surface area contributed by atoms with E-state index in [2.05, 4.69) is 108 Å². The topological polar surface area (TPSA) is 161 Å². The van der Waals surface area contributed by atoms with E-state index in [1.807, 2.05) is 52.8 Å². The monoisotopic (exact) mass is 953 g/mol. The molecule has 1 aromatic heterocycles. The van der Waals surface area contributed by atoms with Crippen molar-refractivity contribution in [3.05, 3.63) is 101 Å². The summed E-state index contributed by atoms with van der Waals surface area (Å²) in [6.07, 6.45) is 9.26. The van der Waals surface area contributed by atoms with Crippen LogP contribution in [-0.2, 0) is 32.1 Å². The first-order valence-electron chi connectivity index (χ1n) is 24.1. The van der Waals surface area contributed by atoms with Gasteiger partial charge in [0.15, 0.2) is 12.7 Å². The number of nitrogens with zero attached hydrogens (tertiary/aromatic N) is 7. The highest BCUT2D eigenvalue weighted by molar-refractivity contribution is 8.03. The van der Waals surface area contributed by atoms with Crippen LogP contribution in [0.1, 0.15) is 50.2 Å². The number of aromatic nitrogens is 1. The molecule has 0 saturated carbocycles. The number of rotatable bonds is 21. The van der Waals surface area contributed by atoms with E-state index < -0.39 is 17.9 Å². The molecule has 68 heavy (non-hydrogen) atoms. The molecule has 2 aliphatic heterocycles. The Morgan fingerprint density at radius 1 is 0.750 bits per heavy atom. The number of likely N-dealkylation sites (N-methyl/N-ethyl adjacent to an activating group) is 1. The molecule has 4 aromatic rings. The fraction of sp³-hybridized carbons (Fsp3) is 0.481. The Hall–Kier alpha value is -5.36. The molecule has 1 unspecified atom stereocenters. The van der Waals surface area contributed by atoms with Crippen LogP contribution in [0.25, 0.3) is 17.0 Å². The van der Waals surface area contributed by atoms with Gasteiger partial charge in [-0.15, -0.1) is 0 Å². The maximum Gasteiger partial charge on any atom is 0.317 e. The zero-order valence-electron chi connectivity index (χ0n) is 40.4. The van der Waals surface area contributed by atoms with Gasteiger partial charge in [0.25, 0.3) is 0 Å². The number of aryl methyl sites for hydroxylation is 1. The van der Waals surface area contributed by atoms with Crippen molar-refractivity contribution in [1.82, 2.24) is 19.6 Å². The van der Waals surface area contributed by atoms with E-state index in [0.717, 1.165) is 61.9 Å². The van der Waals surface area contributed by atoms with Gasteiger partial charge in [0.2, 0.25) is 11.4 Å². The maximum absolute atomic E-state index is 13.0. The third-order valence-corrected chi connectivity index (χ3v) is 14.4. The molecular weight excluding hydrogens is 881 g/mol. The van der Waals surface area contributed by atoms with E-state index >= 15 is 0 Å². The van der Waals surface area contributed by atoms with Crippen molar-refractivity contribution in [3.63, 3.8) is 0 Å². The Balaban J connectivity index is 0.960. The number of benzene rings is 3. The molecule has 1 fully saturated rings. The van der Waals surface area contributed by atoms with Gasteiger partial charge in [-0.3, -0.25) is 33.9 Å². The van der Waals surface area contributed by atoms with E-state index in [0.29, 0.717) is 64.3 Å². The van der Waals surface area contributed by atoms with Gasteiger partial charge in [0.1, 0.15) is 0 Å². The Kier molecular flexibility index (Phi) is 19.4. The lowest BCUT2D eigenvalue weighted by Gasteiger charge is -2.37. The number of anilines is 2. The summed E-state index contributed by atoms with van der Waals surface area (Å²) < 4.78 is 3.29. The highest BCUT2D eigenvalue weighted by Crippen LogP contribution is 2.45. The van der Waals surface area contributed by atoms with Gasteiger partial charge >= 0.3 is 17.9 Å². The number of thioether (sulfide) groups is 1.